The number of nitrogens with zero attached hydrogens (tertiary/aromatic N) is 2. The van der Waals surface area contributed by atoms with E-state index in [4.69, 9.17) is 9.47 Å². The molecule has 0 saturated carbocycles. The fourth-order valence-electron chi connectivity index (χ4n) is 4.01. The van der Waals surface area contributed by atoms with Crippen molar-refractivity contribution in [1.29, 1.82) is 0 Å². The Morgan fingerprint density at radius 1 is 1.05 bits per heavy atom. The number of Topliss-reactive ketones (excluding diaryl/α,β-unsaturated/α-hetero) is 1. The quantitative estimate of drug-likeness (QED) is 0.348. The molecule has 3 heterocycles. The summed E-state index contributed by atoms with van der Waals surface area (Å²) < 4.78 is 10.5. The lowest BCUT2D eigenvalue weighted by Crippen LogP contribution is -2.53. The van der Waals surface area contributed by atoms with Crippen molar-refractivity contribution in [3.8, 4) is 0 Å². The van der Waals surface area contributed by atoms with Crippen molar-refractivity contribution in [2.24, 2.45) is 0 Å². The normalized spacial score (nSPS) is 19.7. The van der Waals surface area contributed by atoms with Gasteiger partial charge in [0.25, 0.3) is 0 Å². The Hall–Kier alpha value is -3.67. The zero-order chi connectivity index (χ0) is 29.0. The van der Waals surface area contributed by atoms with Gasteiger partial charge in [-0.2, -0.15) is 0 Å². The van der Waals surface area contributed by atoms with E-state index in [0.29, 0.717) is 39.3 Å². The summed E-state index contributed by atoms with van der Waals surface area (Å²) in [6.07, 6.45) is 3.93. The lowest BCUT2D eigenvalue weighted by atomic mass is 9.95. The molecule has 3 amide bonds. The first-order valence-electron chi connectivity index (χ1n) is 13.4. The maximum Gasteiger partial charge on any atom is 0.242 e. The highest BCUT2D eigenvalue weighted by Gasteiger charge is 2.50. The van der Waals surface area contributed by atoms with Crippen LogP contribution in [0.2, 0.25) is 0 Å². The number of ketones is 1. The van der Waals surface area contributed by atoms with Crippen molar-refractivity contribution in [2.45, 2.75) is 44.9 Å². The number of pyridine rings is 1. The van der Waals surface area contributed by atoms with Gasteiger partial charge in [0.2, 0.25) is 17.7 Å². The Balaban J connectivity index is 0.00000155. The number of hydrogen-bond donors (Lipinski definition) is 3. The van der Waals surface area contributed by atoms with Crippen LogP contribution in [0.4, 0.5) is 0 Å². The molecular formula is C29H45N5O6. The number of epoxide rings is 1. The summed E-state index contributed by atoms with van der Waals surface area (Å²) in [5.74, 6) is -1.44. The van der Waals surface area contributed by atoms with Gasteiger partial charge in [0.05, 0.1) is 39.0 Å². The van der Waals surface area contributed by atoms with Crippen LogP contribution >= 0.6 is 0 Å². The van der Waals surface area contributed by atoms with Crippen LogP contribution in [0.3, 0.4) is 0 Å². The Bertz CT molecular complexity index is 1140. The second-order valence-corrected chi connectivity index (χ2v) is 10.1. The van der Waals surface area contributed by atoms with Crippen LogP contribution in [0.5, 0.6) is 0 Å². The highest BCUT2D eigenvalue weighted by Crippen LogP contribution is 2.29. The standard InChI is InChI=1S/C23H32N4O6.C6H7N.3H2/c1-16(25-20(29)14-27-8-10-32-11-9-27)22(31)24-13-19(28)26-18(21(30)23(2)15-33-23)12-17-6-4-3-5-7-17;1-6-3-2-4-7-5-6;;;/h3-7,16,18H,8-15H2,1-2H3,(H,24,31)(H,25,29)(H,26,28);2-5H,1H3;3*1H/t16-,18-,23+;;;;/m0..../s1. The molecule has 1 aromatic heterocycles. The second-order valence-electron chi connectivity index (χ2n) is 10.1. The van der Waals surface area contributed by atoms with E-state index in [1.807, 2.05) is 60.5 Å². The Morgan fingerprint density at radius 2 is 1.75 bits per heavy atom. The van der Waals surface area contributed by atoms with Gasteiger partial charge in [0.1, 0.15) is 11.6 Å². The van der Waals surface area contributed by atoms with Crippen LogP contribution in [0.15, 0.2) is 54.9 Å². The largest absolute Gasteiger partial charge is 0.379 e. The SMILES string of the molecule is C[C@H](NC(=O)CN1CCOCC1)C(=O)NCC(=O)N[C@@H](Cc1ccccc1)C(=O)[C@@]1(C)CO1.Cc1cccnc1.[HH].[HH].[HH]. The average molecular weight is 560 g/mol. The van der Waals surface area contributed by atoms with Gasteiger partial charge >= 0.3 is 0 Å². The summed E-state index contributed by atoms with van der Waals surface area (Å²) in [7, 11) is 0. The Kier molecular flexibility index (Phi) is 11.7. The third-order valence-electron chi connectivity index (χ3n) is 6.51. The van der Waals surface area contributed by atoms with Crippen molar-refractivity contribution in [3.05, 3.63) is 66.0 Å². The number of aryl methyl sites for hydroxylation is 1. The van der Waals surface area contributed by atoms with Crippen molar-refractivity contribution < 1.29 is 32.9 Å². The van der Waals surface area contributed by atoms with Crippen LogP contribution in [0, 0.1) is 6.92 Å². The molecule has 0 bridgehead atoms. The predicted octanol–water partition coefficient (Wildman–Crippen LogP) is 1.15. The van der Waals surface area contributed by atoms with Gasteiger partial charge in [-0.15, -0.1) is 0 Å². The number of hydrogen-bond acceptors (Lipinski definition) is 8. The number of aromatic nitrogens is 1. The van der Waals surface area contributed by atoms with E-state index in [1.54, 1.807) is 20.0 Å². The molecule has 222 valence electrons. The number of amides is 3. The maximum absolute atomic E-state index is 12.8. The average Bonchev–Trinajstić information content (AvgIpc) is 3.71. The molecule has 2 saturated heterocycles. The molecule has 2 aliphatic heterocycles. The highest BCUT2D eigenvalue weighted by atomic mass is 16.6. The molecule has 3 atom stereocenters. The molecule has 0 aliphatic carbocycles. The number of ether oxygens (including phenoxy) is 2. The molecule has 0 unspecified atom stereocenters. The van der Waals surface area contributed by atoms with Gasteiger partial charge in [0, 0.05) is 29.8 Å². The number of carbonyl (C=O) groups is 4. The number of morpholine rings is 1. The summed E-state index contributed by atoms with van der Waals surface area (Å²) >= 11 is 0. The Morgan fingerprint density at radius 3 is 2.33 bits per heavy atom. The van der Waals surface area contributed by atoms with E-state index in [-0.39, 0.29) is 29.1 Å². The Labute approximate surface area is 239 Å². The van der Waals surface area contributed by atoms with Crippen LogP contribution in [0.25, 0.3) is 0 Å². The summed E-state index contributed by atoms with van der Waals surface area (Å²) in [6, 6.07) is 11.7. The van der Waals surface area contributed by atoms with E-state index in [1.165, 1.54) is 5.56 Å². The van der Waals surface area contributed by atoms with Crippen molar-refractivity contribution in [2.75, 3.05) is 46.0 Å². The van der Waals surface area contributed by atoms with Gasteiger partial charge in [-0.05, 0) is 44.4 Å². The first-order chi connectivity index (χ1) is 19.2. The van der Waals surface area contributed by atoms with Crippen molar-refractivity contribution >= 4 is 23.5 Å². The number of rotatable bonds is 11. The van der Waals surface area contributed by atoms with Crippen molar-refractivity contribution in [3.63, 3.8) is 0 Å². The molecule has 1 aromatic carbocycles. The van der Waals surface area contributed by atoms with E-state index < -0.39 is 29.5 Å². The van der Waals surface area contributed by atoms with Crippen molar-refractivity contribution in [1.82, 2.24) is 25.8 Å². The third-order valence-corrected chi connectivity index (χ3v) is 6.51. The molecule has 11 heteroatoms. The number of benzene rings is 1. The van der Waals surface area contributed by atoms with Gasteiger partial charge < -0.3 is 25.4 Å². The predicted molar refractivity (Wildman–Crippen MR) is 155 cm³/mol. The van der Waals surface area contributed by atoms with Crippen LogP contribution in [-0.4, -0.2) is 97.1 Å². The number of nitrogens with one attached hydrogen (secondary N) is 3. The monoisotopic (exact) mass is 559 g/mol. The molecular weight excluding hydrogens is 514 g/mol. The molecule has 11 nitrogen and oxygen atoms in total. The fourth-order valence-corrected chi connectivity index (χ4v) is 4.01. The van der Waals surface area contributed by atoms with Crippen LogP contribution in [0.1, 0.15) is 29.3 Å². The molecule has 0 spiro atoms. The fraction of sp³-hybridized carbons (Fsp3) is 0.483. The lowest BCUT2D eigenvalue weighted by Gasteiger charge is -2.26. The van der Waals surface area contributed by atoms with Gasteiger partial charge in [-0.1, -0.05) is 36.4 Å². The molecule has 2 aliphatic rings. The minimum atomic E-state index is -0.880. The zero-order valence-corrected chi connectivity index (χ0v) is 23.4. The first-order valence-corrected chi connectivity index (χ1v) is 13.4. The molecule has 0 radical (unpaired) electrons. The second kappa shape index (κ2) is 15.2. The number of carbonyl (C=O) groups excluding carboxylic acids is 4. The lowest BCUT2D eigenvalue weighted by molar-refractivity contribution is -0.132. The van der Waals surface area contributed by atoms with Gasteiger partial charge in [-0.3, -0.25) is 29.1 Å². The summed E-state index contributed by atoms with van der Waals surface area (Å²) in [5, 5.41) is 7.86. The highest BCUT2D eigenvalue weighted by molar-refractivity contribution is 5.97. The summed E-state index contributed by atoms with van der Waals surface area (Å²) in [5.41, 5.74) is 1.23. The van der Waals surface area contributed by atoms with Gasteiger partial charge in [-0.25, -0.2) is 0 Å². The zero-order valence-electron chi connectivity index (χ0n) is 23.4. The third kappa shape index (κ3) is 10.5. The van der Waals surface area contributed by atoms with Crippen LogP contribution in [-0.2, 0) is 35.1 Å². The van der Waals surface area contributed by atoms with Crippen LogP contribution < -0.4 is 16.0 Å². The minimum absolute atomic E-state index is 0. The molecule has 40 heavy (non-hydrogen) atoms. The van der Waals surface area contributed by atoms with E-state index >= 15 is 0 Å². The summed E-state index contributed by atoms with van der Waals surface area (Å²) in [4.78, 5) is 55.6. The first kappa shape index (κ1) is 30.9. The molecule has 3 N–H and O–H groups in total. The topological polar surface area (TPSA) is 142 Å². The molecule has 4 rings (SSSR count). The molecule has 2 fully saturated rings. The smallest absolute Gasteiger partial charge is 0.242 e. The van der Waals surface area contributed by atoms with Gasteiger partial charge in [0.15, 0.2) is 5.78 Å². The minimum Gasteiger partial charge on any atom is -0.379 e. The van der Waals surface area contributed by atoms with E-state index in [2.05, 4.69) is 20.9 Å². The van der Waals surface area contributed by atoms with E-state index in [0.717, 1.165) is 5.56 Å². The molecule has 2 aromatic rings. The summed E-state index contributed by atoms with van der Waals surface area (Å²) in [6.45, 7) is 7.97. The van der Waals surface area contributed by atoms with E-state index in [9.17, 15) is 19.2 Å². The maximum atomic E-state index is 12.8.